The van der Waals surface area contributed by atoms with Crippen LogP contribution in [-0.4, -0.2) is 12.1 Å². The van der Waals surface area contributed by atoms with E-state index < -0.39 is 0 Å². The van der Waals surface area contributed by atoms with Gasteiger partial charge >= 0.3 is 0 Å². The van der Waals surface area contributed by atoms with Crippen LogP contribution in [0.3, 0.4) is 0 Å². The number of nitrogens with zero attached hydrogens (tertiary/aromatic N) is 1. The van der Waals surface area contributed by atoms with Crippen molar-refractivity contribution >= 4 is 10.9 Å². The van der Waals surface area contributed by atoms with Crippen molar-refractivity contribution in [3.8, 4) is 0 Å². The Morgan fingerprint density at radius 2 is 1.67 bits per heavy atom. The molecule has 106 valence electrons. The minimum atomic E-state index is -0.255. The average molecular weight is 278 g/mol. The molecule has 0 aliphatic rings. The standard InChI is InChI=1S/C18H18N2O/c1-21-18(13-7-3-2-4-8-13)17(19)15-11-14-9-5-6-10-16(14)20-12-15/h2-12,17-18H,19H2,1H3. The molecule has 0 spiro atoms. The number of aromatic nitrogens is 1. The fraction of sp³-hybridized carbons (Fsp3) is 0.167. The zero-order chi connectivity index (χ0) is 14.7. The second kappa shape index (κ2) is 6.04. The van der Waals surface area contributed by atoms with Gasteiger partial charge in [-0.1, -0.05) is 48.5 Å². The monoisotopic (exact) mass is 278 g/mol. The molecule has 3 nitrogen and oxygen atoms in total. The summed E-state index contributed by atoms with van der Waals surface area (Å²) in [6.45, 7) is 0. The van der Waals surface area contributed by atoms with Gasteiger partial charge in [0, 0.05) is 18.7 Å². The molecule has 21 heavy (non-hydrogen) atoms. The summed E-state index contributed by atoms with van der Waals surface area (Å²) >= 11 is 0. The van der Waals surface area contributed by atoms with Gasteiger partial charge in [0.1, 0.15) is 6.10 Å². The van der Waals surface area contributed by atoms with Gasteiger partial charge in [0.15, 0.2) is 0 Å². The van der Waals surface area contributed by atoms with E-state index >= 15 is 0 Å². The number of methoxy groups -OCH3 is 1. The molecule has 2 aromatic carbocycles. The number of hydrogen-bond donors (Lipinski definition) is 1. The highest BCUT2D eigenvalue weighted by molar-refractivity contribution is 5.78. The Morgan fingerprint density at radius 1 is 0.952 bits per heavy atom. The zero-order valence-corrected chi connectivity index (χ0v) is 11.9. The van der Waals surface area contributed by atoms with E-state index in [-0.39, 0.29) is 12.1 Å². The number of rotatable bonds is 4. The molecule has 2 N–H and O–H groups in total. The third kappa shape index (κ3) is 2.79. The van der Waals surface area contributed by atoms with Crippen LogP contribution in [0.25, 0.3) is 10.9 Å². The molecule has 0 saturated heterocycles. The molecule has 0 fully saturated rings. The van der Waals surface area contributed by atoms with Crippen LogP contribution < -0.4 is 5.73 Å². The summed E-state index contributed by atoms with van der Waals surface area (Å²) in [4.78, 5) is 4.48. The molecule has 0 radical (unpaired) electrons. The predicted molar refractivity (Wildman–Crippen MR) is 84.9 cm³/mol. The number of pyridine rings is 1. The van der Waals surface area contributed by atoms with Gasteiger partial charge in [-0.2, -0.15) is 0 Å². The minimum absolute atomic E-state index is 0.186. The molecule has 0 bridgehead atoms. The molecule has 1 heterocycles. The van der Waals surface area contributed by atoms with Gasteiger partial charge < -0.3 is 10.5 Å². The van der Waals surface area contributed by atoms with Crippen molar-refractivity contribution in [2.75, 3.05) is 7.11 Å². The molecule has 0 amide bonds. The summed E-state index contributed by atoms with van der Waals surface area (Å²) < 4.78 is 5.61. The van der Waals surface area contributed by atoms with Crippen LogP contribution in [0.5, 0.6) is 0 Å². The maximum atomic E-state index is 6.41. The van der Waals surface area contributed by atoms with Crippen molar-refractivity contribution in [1.82, 2.24) is 4.98 Å². The number of para-hydroxylation sites is 1. The van der Waals surface area contributed by atoms with Crippen LogP contribution in [0.15, 0.2) is 66.9 Å². The summed E-state index contributed by atoms with van der Waals surface area (Å²) in [5.41, 5.74) is 9.43. The Kier molecular flexibility index (Phi) is 3.95. The maximum absolute atomic E-state index is 6.41. The number of benzene rings is 2. The maximum Gasteiger partial charge on any atom is 0.101 e. The van der Waals surface area contributed by atoms with Gasteiger partial charge in [0.2, 0.25) is 0 Å². The first-order valence-electron chi connectivity index (χ1n) is 6.97. The third-order valence-electron chi connectivity index (χ3n) is 3.70. The van der Waals surface area contributed by atoms with Crippen LogP contribution in [0.4, 0.5) is 0 Å². The number of hydrogen-bond acceptors (Lipinski definition) is 3. The van der Waals surface area contributed by atoms with Crippen LogP contribution in [-0.2, 0) is 4.74 Å². The van der Waals surface area contributed by atoms with Crippen LogP contribution in [0, 0.1) is 0 Å². The molecule has 2 unspecified atom stereocenters. The molecule has 3 heteroatoms. The van der Waals surface area contributed by atoms with Crippen molar-refractivity contribution in [3.05, 3.63) is 78.0 Å². The smallest absolute Gasteiger partial charge is 0.101 e. The first kappa shape index (κ1) is 13.7. The number of fused-ring (bicyclic) bond motifs is 1. The molecule has 3 rings (SSSR count). The Morgan fingerprint density at radius 3 is 2.43 bits per heavy atom. The molecule has 2 atom stereocenters. The number of nitrogens with two attached hydrogens (primary N) is 1. The quantitative estimate of drug-likeness (QED) is 0.793. The van der Waals surface area contributed by atoms with Gasteiger partial charge in [-0.25, -0.2) is 0 Å². The Bertz CT molecular complexity index is 727. The Balaban J connectivity index is 1.96. The van der Waals surface area contributed by atoms with Gasteiger partial charge in [-0.15, -0.1) is 0 Å². The molecule has 0 saturated carbocycles. The van der Waals surface area contributed by atoms with E-state index in [1.165, 1.54) is 0 Å². The van der Waals surface area contributed by atoms with Crippen molar-refractivity contribution in [2.45, 2.75) is 12.1 Å². The molecule has 3 aromatic rings. The summed E-state index contributed by atoms with van der Waals surface area (Å²) in [7, 11) is 1.69. The fourth-order valence-corrected chi connectivity index (χ4v) is 2.58. The van der Waals surface area contributed by atoms with Crippen LogP contribution in [0.2, 0.25) is 0 Å². The van der Waals surface area contributed by atoms with E-state index in [9.17, 15) is 0 Å². The van der Waals surface area contributed by atoms with E-state index in [1.807, 2.05) is 60.8 Å². The third-order valence-corrected chi connectivity index (χ3v) is 3.70. The summed E-state index contributed by atoms with van der Waals surface area (Å²) in [6.07, 6.45) is 1.65. The van der Waals surface area contributed by atoms with Gasteiger partial charge in [0.05, 0.1) is 11.6 Å². The molecule has 0 aliphatic carbocycles. The van der Waals surface area contributed by atoms with Crippen LogP contribution in [0.1, 0.15) is 23.3 Å². The minimum Gasteiger partial charge on any atom is -0.375 e. The lowest BCUT2D eigenvalue weighted by atomic mass is 9.96. The summed E-state index contributed by atoms with van der Waals surface area (Å²) in [6, 6.07) is 19.9. The van der Waals surface area contributed by atoms with Gasteiger partial charge in [0.25, 0.3) is 0 Å². The van der Waals surface area contributed by atoms with Crippen LogP contribution >= 0.6 is 0 Å². The second-order valence-corrected chi connectivity index (χ2v) is 5.05. The van der Waals surface area contributed by atoms with Gasteiger partial charge in [-0.05, 0) is 23.3 Å². The first-order valence-corrected chi connectivity index (χ1v) is 6.97. The first-order chi connectivity index (χ1) is 10.3. The second-order valence-electron chi connectivity index (χ2n) is 5.05. The van der Waals surface area contributed by atoms with Crippen molar-refractivity contribution in [1.29, 1.82) is 0 Å². The lowest BCUT2D eigenvalue weighted by Gasteiger charge is -2.23. The van der Waals surface area contributed by atoms with E-state index in [4.69, 9.17) is 10.5 Å². The summed E-state index contributed by atoms with van der Waals surface area (Å²) in [5, 5.41) is 1.09. The van der Waals surface area contributed by atoms with E-state index in [0.717, 1.165) is 22.0 Å². The molecular formula is C18H18N2O. The topological polar surface area (TPSA) is 48.1 Å². The number of ether oxygens (including phenoxy) is 1. The molecule has 0 aliphatic heterocycles. The largest absolute Gasteiger partial charge is 0.375 e. The SMILES string of the molecule is COC(c1ccccc1)C(N)c1cnc2ccccc2c1. The van der Waals surface area contributed by atoms with E-state index in [0.29, 0.717) is 0 Å². The highest BCUT2D eigenvalue weighted by atomic mass is 16.5. The van der Waals surface area contributed by atoms with Crippen molar-refractivity contribution < 1.29 is 4.74 Å². The van der Waals surface area contributed by atoms with E-state index in [2.05, 4.69) is 11.1 Å². The fourth-order valence-electron chi connectivity index (χ4n) is 2.58. The normalized spacial score (nSPS) is 14.0. The molecule has 1 aromatic heterocycles. The molecular weight excluding hydrogens is 260 g/mol. The van der Waals surface area contributed by atoms with E-state index in [1.54, 1.807) is 7.11 Å². The van der Waals surface area contributed by atoms with Crippen molar-refractivity contribution in [2.24, 2.45) is 5.73 Å². The average Bonchev–Trinajstić information content (AvgIpc) is 2.56. The Hall–Kier alpha value is -2.23. The predicted octanol–water partition coefficient (Wildman–Crippen LogP) is 3.62. The summed E-state index contributed by atoms with van der Waals surface area (Å²) in [5.74, 6) is 0. The lowest BCUT2D eigenvalue weighted by molar-refractivity contribution is 0.0801. The zero-order valence-electron chi connectivity index (χ0n) is 11.9. The van der Waals surface area contributed by atoms with Crippen molar-refractivity contribution in [3.63, 3.8) is 0 Å². The lowest BCUT2D eigenvalue weighted by Crippen LogP contribution is -2.21. The Labute approximate surface area is 124 Å². The highest BCUT2D eigenvalue weighted by Crippen LogP contribution is 2.30. The van der Waals surface area contributed by atoms with Gasteiger partial charge in [-0.3, -0.25) is 4.98 Å². The highest BCUT2D eigenvalue weighted by Gasteiger charge is 2.21.